The number of amides is 1. The summed E-state index contributed by atoms with van der Waals surface area (Å²) in [6.45, 7) is 3.80. The van der Waals surface area contributed by atoms with Crippen LogP contribution in [-0.4, -0.2) is 70.1 Å². The molecule has 0 aromatic heterocycles. The molecule has 1 amide bonds. The van der Waals surface area contributed by atoms with Crippen LogP contribution in [0.15, 0.2) is 0 Å². The SMILES string of the molecule is COc1c2c(c(OC)c(OC)c1OC)CC(CC(=O)NC(CC(C)C)C(=O)C1(CO)CO1)CC2. The molecule has 34 heavy (non-hydrogen) atoms. The van der Waals surface area contributed by atoms with E-state index in [9.17, 15) is 14.7 Å². The van der Waals surface area contributed by atoms with Crippen molar-refractivity contribution in [3.8, 4) is 23.0 Å². The van der Waals surface area contributed by atoms with E-state index in [0.717, 1.165) is 17.5 Å². The Morgan fingerprint density at radius 1 is 1.03 bits per heavy atom. The van der Waals surface area contributed by atoms with Crippen molar-refractivity contribution in [1.82, 2.24) is 5.32 Å². The molecule has 1 aromatic carbocycles. The molecule has 0 saturated carbocycles. The lowest BCUT2D eigenvalue weighted by atomic mass is 9.80. The highest BCUT2D eigenvalue weighted by molar-refractivity contribution is 5.97. The largest absolute Gasteiger partial charge is 0.492 e. The van der Waals surface area contributed by atoms with Gasteiger partial charge < -0.3 is 34.1 Å². The molecule has 1 aliphatic carbocycles. The Bertz CT molecular complexity index is 884. The standard InChI is InChI=1S/C25H37NO8/c1-14(2)9-18(24(29)25(12-27)13-34-25)26-19(28)11-15-7-8-16-17(10-15)21(31-4)23(33-6)22(32-5)20(16)30-3/h14-15,18,27H,7-13H2,1-6H3,(H,26,28). The van der Waals surface area contributed by atoms with E-state index in [4.69, 9.17) is 23.7 Å². The fourth-order valence-corrected chi connectivity index (χ4v) is 4.89. The zero-order valence-corrected chi connectivity index (χ0v) is 21.0. The lowest BCUT2D eigenvalue weighted by molar-refractivity contribution is -0.132. The highest BCUT2D eigenvalue weighted by Crippen LogP contribution is 2.52. The fraction of sp³-hybridized carbons (Fsp3) is 0.680. The molecule has 0 bridgehead atoms. The van der Waals surface area contributed by atoms with E-state index in [1.807, 2.05) is 13.8 Å². The lowest BCUT2D eigenvalue weighted by Crippen LogP contribution is -2.49. The van der Waals surface area contributed by atoms with Crippen molar-refractivity contribution in [3.05, 3.63) is 11.1 Å². The molecule has 2 aliphatic rings. The van der Waals surface area contributed by atoms with Gasteiger partial charge in [-0.2, -0.15) is 0 Å². The summed E-state index contributed by atoms with van der Waals surface area (Å²) in [6.07, 6.45) is 2.85. The van der Waals surface area contributed by atoms with Gasteiger partial charge in [0.2, 0.25) is 17.4 Å². The fourth-order valence-electron chi connectivity index (χ4n) is 4.89. The Hall–Kier alpha value is -2.52. The smallest absolute Gasteiger partial charge is 0.220 e. The van der Waals surface area contributed by atoms with E-state index in [1.165, 1.54) is 0 Å². The zero-order valence-electron chi connectivity index (χ0n) is 21.0. The van der Waals surface area contributed by atoms with Gasteiger partial charge in [-0.1, -0.05) is 13.8 Å². The summed E-state index contributed by atoms with van der Waals surface area (Å²) in [4.78, 5) is 25.9. The van der Waals surface area contributed by atoms with Crippen molar-refractivity contribution in [2.45, 2.75) is 57.6 Å². The number of ketones is 1. The third-order valence-corrected chi connectivity index (χ3v) is 6.67. The van der Waals surface area contributed by atoms with E-state index >= 15 is 0 Å². The molecule has 1 fully saturated rings. The summed E-state index contributed by atoms with van der Waals surface area (Å²) in [5.41, 5.74) is 0.787. The topological polar surface area (TPSA) is 116 Å². The van der Waals surface area contributed by atoms with Crippen LogP contribution in [0, 0.1) is 11.8 Å². The number of aliphatic hydroxyl groups is 1. The van der Waals surface area contributed by atoms with Crippen molar-refractivity contribution in [2.75, 3.05) is 41.7 Å². The molecule has 1 saturated heterocycles. The number of carbonyl (C=O) groups excluding carboxylic acids is 2. The monoisotopic (exact) mass is 479 g/mol. The number of benzene rings is 1. The molecule has 9 nitrogen and oxygen atoms in total. The van der Waals surface area contributed by atoms with Crippen LogP contribution >= 0.6 is 0 Å². The highest BCUT2D eigenvalue weighted by atomic mass is 16.6. The second-order valence-corrected chi connectivity index (χ2v) is 9.46. The predicted octanol–water partition coefficient (Wildman–Crippen LogP) is 2.08. The van der Waals surface area contributed by atoms with Crippen molar-refractivity contribution < 1.29 is 38.4 Å². The van der Waals surface area contributed by atoms with Crippen LogP contribution in [0.1, 0.15) is 44.2 Å². The Labute approximate surface area is 201 Å². The van der Waals surface area contributed by atoms with E-state index in [-0.39, 0.29) is 43.2 Å². The van der Waals surface area contributed by atoms with Crippen LogP contribution in [-0.2, 0) is 27.2 Å². The van der Waals surface area contributed by atoms with Crippen LogP contribution in [0.3, 0.4) is 0 Å². The molecule has 1 aromatic rings. The van der Waals surface area contributed by atoms with Crippen LogP contribution in [0.4, 0.5) is 0 Å². The molecule has 3 rings (SSSR count). The van der Waals surface area contributed by atoms with E-state index < -0.39 is 11.6 Å². The van der Waals surface area contributed by atoms with Crippen molar-refractivity contribution in [1.29, 1.82) is 0 Å². The summed E-state index contributed by atoms with van der Waals surface area (Å²) < 4.78 is 27.7. The molecule has 1 aliphatic heterocycles. The van der Waals surface area contributed by atoms with E-state index in [0.29, 0.717) is 42.3 Å². The molecule has 0 radical (unpaired) electrons. The van der Waals surface area contributed by atoms with Crippen LogP contribution in [0.5, 0.6) is 23.0 Å². The Kier molecular flexibility index (Phi) is 8.30. The number of nitrogens with one attached hydrogen (secondary N) is 1. The van der Waals surface area contributed by atoms with Crippen LogP contribution < -0.4 is 24.3 Å². The summed E-state index contributed by atoms with van der Waals surface area (Å²) in [5, 5.41) is 12.5. The van der Waals surface area contributed by atoms with Gasteiger partial charge in [-0.3, -0.25) is 9.59 Å². The Balaban J connectivity index is 1.77. The number of methoxy groups -OCH3 is 4. The lowest BCUT2D eigenvalue weighted by Gasteiger charge is -2.30. The van der Waals surface area contributed by atoms with Gasteiger partial charge in [-0.25, -0.2) is 0 Å². The molecule has 3 unspecified atom stereocenters. The van der Waals surface area contributed by atoms with Crippen LogP contribution in [0.2, 0.25) is 0 Å². The summed E-state index contributed by atoms with van der Waals surface area (Å²) in [7, 11) is 6.29. The van der Waals surface area contributed by atoms with Crippen molar-refractivity contribution in [2.24, 2.45) is 11.8 Å². The minimum Gasteiger partial charge on any atom is -0.492 e. The maximum atomic E-state index is 13.0. The van der Waals surface area contributed by atoms with Gasteiger partial charge in [-0.15, -0.1) is 0 Å². The number of fused-ring (bicyclic) bond motifs is 1. The zero-order chi connectivity index (χ0) is 25.0. The highest BCUT2D eigenvalue weighted by Gasteiger charge is 2.54. The van der Waals surface area contributed by atoms with E-state index in [1.54, 1.807) is 28.4 Å². The number of epoxide rings is 1. The van der Waals surface area contributed by atoms with E-state index in [2.05, 4.69) is 5.32 Å². The van der Waals surface area contributed by atoms with Gasteiger partial charge in [0, 0.05) is 17.5 Å². The molecule has 2 N–H and O–H groups in total. The molecule has 1 heterocycles. The quantitative estimate of drug-likeness (QED) is 0.438. The second-order valence-electron chi connectivity index (χ2n) is 9.46. The number of hydrogen-bond donors (Lipinski definition) is 2. The molecule has 0 spiro atoms. The first kappa shape index (κ1) is 26.1. The Morgan fingerprint density at radius 3 is 2.06 bits per heavy atom. The molecule has 9 heteroatoms. The van der Waals surface area contributed by atoms with Gasteiger partial charge in [-0.05, 0) is 37.5 Å². The normalized spacial score (nSPS) is 21.9. The van der Waals surface area contributed by atoms with Crippen LogP contribution in [0.25, 0.3) is 0 Å². The summed E-state index contributed by atoms with van der Waals surface area (Å²) in [5.74, 6) is 1.98. The average molecular weight is 480 g/mol. The molecule has 3 atom stereocenters. The van der Waals surface area contributed by atoms with Gasteiger partial charge in [0.15, 0.2) is 22.9 Å². The van der Waals surface area contributed by atoms with Crippen molar-refractivity contribution >= 4 is 11.7 Å². The average Bonchev–Trinajstić information content (AvgIpc) is 3.62. The number of Topliss-reactive ketones (excluding diaryl/α,β-unsaturated/α-hetero) is 1. The second kappa shape index (κ2) is 10.8. The first-order chi connectivity index (χ1) is 16.2. The third-order valence-electron chi connectivity index (χ3n) is 6.67. The number of aliphatic hydroxyl groups excluding tert-OH is 1. The minimum absolute atomic E-state index is 0.0583. The third kappa shape index (κ3) is 5.10. The first-order valence-corrected chi connectivity index (χ1v) is 11.7. The minimum atomic E-state index is -1.16. The summed E-state index contributed by atoms with van der Waals surface area (Å²) in [6, 6.07) is -0.683. The number of carbonyl (C=O) groups is 2. The molecular weight excluding hydrogens is 442 g/mol. The maximum Gasteiger partial charge on any atom is 0.220 e. The molecular formula is C25H37NO8. The van der Waals surface area contributed by atoms with Gasteiger partial charge in [0.1, 0.15) is 0 Å². The summed E-state index contributed by atoms with van der Waals surface area (Å²) >= 11 is 0. The maximum absolute atomic E-state index is 13.0. The van der Waals surface area contributed by atoms with Gasteiger partial charge >= 0.3 is 0 Å². The molecule has 190 valence electrons. The first-order valence-electron chi connectivity index (χ1n) is 11.7. The predicted molar refractivity (Wildman–Crippen MR) is 125 cm³/mol. The van der Waals surface area contributed by atoms with Crippen molar-refractivity contribution in [3.63, 3.8) is 0 Å². The van der Waals surface area contributed by atoms with Gasteiger partial charge in [0.25, 0.3) is 0 Å². The number of hydrogen-bond acceptors (Lipinski definition) is 8. The number of rotatable bonds is 12. The van der Waals surface area contributed by atoms with Gasteiger partial charge in [0.05, 0.1) is 47.7 Å². The Morgan fingerprint density at radius 2 is 1.59 bits per heavy atom. The number of ether oxygens (including phenoxy) is 5.